The Balaban J connectivity index is 2.31. The largest absolute Gasteiger partial charge is 0.292 e. The Morgan fingerprint density at radius 2 is 1.84 bits per heavy atom. The van der Waals surface area contributed by atoms with E-state index in [1.807, 2.05) is 0 Å². The van der Waals surface area contributed by atoms with Gasteiger partial charge in [0.15, 0.2) is 5.78 Å². The van der Waals surface area contributed by atoms with Crippen molar-refractivity contribution in [2.75, 3.05) is 0 Å². The van der Waals surface area contributed by atoms with E-state index in [0.717, 1.165) is 12.1 Å². The fourth-order valence-corrected chi connectivity index (χ4v) is 2.77. The molecule has 6 heteroatoms. The van der Waals surface area contributed by atoms with Crippen LogP contribution >= 0.6 is 31.9 Å². The smallest absolute Gasteiger partial charge is 0.186 e. The van der Waals surface area contributed by atoms with Crippen LogP contribution in [-0.2, 0) is 6.42 Å². The van der Waals surface area contributed by atoms with Gasteiger partial charge in [0, 0.05) is 27.1 Å². The van der Waals surface area contributed by atoms with Crippen molar-refractivity contribution < 1.29 is 13.6 Å². The third-order valence-corrected chi connectivity index (χ3v) is 3.51. The zero-order valence-corrected chi connectivity index (χ0v) is 12.6. The molecule has 0 saturated carbocycles. The molecular formula is C13H7Br2F2NO. The van der Waals surface area contributed by atoms with E-state index in [1.54, 1.807) is 6.07 Å². The van der Waals surface area contributed by atoms with Crippen LogP contribution in [-0.4, -0.2) is 10.8 Å². The number of halogens is 4. The maximum atomic E-state index is 13.5. The highest BCUT2D eigenvalue weighted by Crippen LogP contribution is 2.22. The average Bonchev–Trinajstić information content (AvgIpc) is 2.33. The van der Waals surface area contributed by atoms with E-state index in [1.165, 1.54) is 12.3 Å². The van der Waals surface area contributed by atoms with Gasteiger partial charge in [-0.25, -0.2) is 8.78 Å². The number of carbonyl (C=O) groups is 1. The summed E-state index contributed by atoms with van der Waals surface area (Å²) in [5.74, 6) is -1.92. The van der Waals surface area contributed by atoms with Crippen LogP contribution in [0.4, 0.5) is 8.78 Å². The van der Waals surface area contributed by atoms with E-state index in [9.17, 15) is 13.6 Å². The molecule has 0 radical (unpaired) electrons. The first kappa shape index (κ1) is 14.3. The van der Waals surface area contributed by atoms with Gasteiger partial charge in [-0.1, -0.05) is 6.07 Å². The van der Waals surface area contributed by atoms with E-state index in [2.05, 4.69) is 36.8 Å². The van der Waals surface area contributed by atoms with Crippen molar-refractivity contribution in [3.05, 3.63) is 62.3 Å². The second-order valence-corrected chi connectivity index (χ2v) is 5.55. The minimum atomic E-state index is -0.735. The second kappa shape index (κ2) is 5.88. The third kappa shape index (κ3) is 3.25. The van der Waals surface area contributed by atoms with Crippen LogP contribution in [0, 0.1) is 11.6 Å². The van der Waals surface area contributed by atoms with Crippen molar-refractivity contribution >= 4 is 37.6 Å². The molecule has 1 heterocycles. The molecule has 0 fully saturated rings. The van der Waals surface area contributed by atoms with E-state index >= 15 is 0 Å². The summed E-state index contributed by atoms with van der Waals surface area (Å²) < 4.78 is 28.1. The molecule has 0 amide bonds. The van der Waals surface area contributed by atoms with Gasteiger partial charge >= 0.3 is 0 Å². The van der Waals surface area contributed by atoms with E-state index in [0.29, 0.717) is 8.95 Å². The lowest BCUT2D eigenvalue weighted by Crippen LogP contribution is -2.09. The second-order valence-electron chi connectivity index (χ2n) is 3.78. The van der Waals surface area contributed by atoms with E-state index in [4.69, 9.17) is 0 Å². The van der Waals surface area contributed by atoms with Crippen molar-refractivity contribution in [3.63, 3.8) is 0 Å². The van der Waals surface area contributed by atoms with Crippen molar-refractivity contribution in [1.29, 1.82) is 0 Å². The zero-order valence-electron chi connectivity index (χ0n) is 9.46. The summed E-state index contributed by atoms with van der Waals surface area (Å²) in [6.07, 6.45) is 1.08. The normalized spacial score (nSPS) is 10.5. The number of aromatic nitrogens is 1. The fourth-order valence-electron chi connectivity index (χ4n) is 1.57. The quantitative estimate of drug-likeness (QED) is 0.731. The van der Waals surface area contributed by atoms with Gasteiger partial charge in [0.25, 0.3) is 0 Å². The lowest BCUT2D eigenvalue weighted by Gasteiger charge is -2.05. The number of hydrogen-bond donors (Lipinski definition) is 0. The van der Waals surface area contributed by atoms with Gasteiger partial charge in [0.2, 0.25) is 0 Å². The van der Waals surface area contributed by atoms with Crippen LogP contribution in [0.5, 0.6) is 0 Å². The molecule has 0 atom stereocenters. The summed E-state index contributed by atoms with van der Waals surface area (Å²) in [6, 6.07) is 5.15. The number of carbonyl (C=O) groups excluding carboxylic acids is 1. The van der Waals surface area contributed by atoms with Crippen LogP contribution < -0.4 is 0 Å². The molecule has 1 aromatic heterocycles. The molecule has 0 aliphatic carbocycles. The van der Waals surface area contributed by atoms with Crippen LogP contribution in [0.15, 0.2) is 39.4 Å². The molecular weight excluding hydrogens is 384 g/mol. The molecule has 0 bridgehead atoms. The summed E-state index contributed by atoms with van der Waals surface area (Å²) in [6.45, 7) is 0. The monoisotopic (exact) mass is 389 g/mol. The minimum absolute atomic E-state index is 0.144. The van der Waals surface area contributed by atoms with Gasteiger partial charge in [-0.15, -0.1) is 0 Å². The number of hydrogen-bond acceptors (Lipinski definition) is 2. The summed E-state index contributed by atoms with van der Waals surface area (Å²) in [5, 5.41) is 0. The topological polar surface area (TPSA) is 30.0 Å². The fraction of sp³-hybridized carbons (Fsp3) is 0.0769. The van der Waals surface area contributed by atoms with Crippen molar-refractivity contribution in [1.82, 2.24) is 4.98 Å². The van der Waals surface area contributed by atoms with Crippen molar-refractivity contribution in [2.24, 2.45) is 0 Å². The predicted molar refractivity (Wildman–Crippen MR) is 74.0 cm³/mol. The third-order valence-electron chi connectivity index (χ3n) is 2.47. The van der Waals surface area contributed by atoms with Crippen molar-refractivity contribution in [3.8, 4) is 0 Å². The lowest BCUT2D eigenvalue weighted by molar-refractivity contribution is 0.0985. The lowest BCUT2D eigenvalue weighted by atomic mass is 10.1. The highest BCUT2D eigenvalue weighted by Gasteiger charge is 2.17. The van der Waals surface area contributed by atoms with Crippen LogP contribution in [0.2, 0.25) is 0 Å². The summed E-state index contributed by atoms with van der Waals surface area (Å²) in [4.78, 5) is 16.0. The van der Waals surface area contributed by atoms with Gasteiger partial charge in [-0.05, 0) is 50.1 Å². The Labute approximate surface area is 125 Å². The van der Waals surface area contributed by atoms with Crippen LogP contribution in [0.25, 0.3) is 0 Å². The van der Waals surface area contributed by atoms with Gasteiger partial charge in [-0.2, -0.15) is 0 Å². The Kier molecular flexibility index (Phi) is 4.42. The number of ketones is 1. The van der Waals surface area contributed by atoms with Gasteiger partial charge in [0.1, 0.15) is 17.3 Å². The standard InChI is InChI=1S/C13H7Br2F2NO/c14-7-4-9(15)13(18-6-7)12(19)5-8-10(16)2-1-3-11(8)17/h1-4,6H,5H2. The van der Waals surface area contributed by atoms with Crippen LogP contribution in [0.1, 0.15) is 16.1 Å². The number of pyridine rings is 1. The maximum absolute atomic E-state index is 13.5. The predicted octanol–water partition coefficient (Wildman–Crippen LogP) is 4.31. The molecule has 0 unspecified atom stereocenters. The molecule has 2 nitrogen and oxygen atoms in total. The highest BCUT2D eigenvalue weighted by atomic mass is 79.9. The molecule has 1 aromatic carbocycles. The summed E-state index contributed by atoms with van der Waals surface area (Å²) in [7, 11) is 0. The molecule has 2 rings (SSSR count). The Hall–Kier alpha value is -1.14. The average molecular weight is 391 g/mol. The van der Waals surface area contributed by atoms with Crippen LogP contribution in [0.3, 0.4) is 0 Å². The number of rotatable bonds is 3. The Bertz CT molecular complexity index is 626. The molecule has 0 aliphatic heterocycles. The summed E-state index contributed by atoms with van der Waals surface area (Å²) in [5.41, 5.74) is -0.102. The Morgan fingerprint density at radius 1 is 1.21 bits per heavy atom. The molecule has 0 spiro atoms. The number of nitrogens with zero attached hydrogens (tertiary/aromatic N) is 1. The molecule has 98 valence electrons. The first-order valence-corrected chi connectivity index (χ1v) is 6.85. The first-order chi connectivity index (χ1) is 8.99. The zero-order chi connectivity index (χ0) is 14.0. The van der Waals surface area contributed by atoms with E-state index in [-0.39, 0.29) is 17.7 Å². The Morgan fingerprint density at radius 3 is 2.42 bits per heavy atom. The van der Waals surface area contributed by atoms with Gasteiger partial charge in [0.05, 0.1) is 0 Å². The SMILES string of the molecule is O=C(Cc1c(F)cccc1F)c1ncc(Br)cc1Br. The highest BCUT2D eigenvalue weighted by molar-refractivity contribution is 9.11. The first-order valence-electron chi connectivity index (χ1n) is 5.26. The minimum Gasteiger partial charge on any atom is -0.292 e. The van der Waals surface area contributed by atoms with Gasteiger partial charge in [-0.3, -0.25) is 9.78 Å². The maximum Gasteiger partial charge on any atom is 0.186 e. The molecule has 19 heavy (non-hydrogen) atoms. The van der Waals surface area contributed by atoms with Gasteiger partial charge < -0.3 is 0 Å². The summed E-state index contributed by atoms with van der Waals surface area (Å²) >= 11 is 6.41. The van der Waals surface area contributed by atoms with Crippen molar-refractivity contribution in [2.45, 2.75) is 6.42 Å². The molecule has 0 aliphatic rings. The molecule has 0 N–H and O–H groups in total. The van der Waals surface area contributed by atoms with E-state index < -0.39 is 17.4 Å². The number of benzene rings is 1. The number of Topliss-reactive ketones (excluding diaryl/α,β-unsaturated/α-hetero) is 1. The molecule has 2 aromatic rings. The molecule has 0 saturated heterocycles.